The number of halogens is 1. The SMILES string of the molecule is Cc1ccccc1CC(=O)Nc1ccc(F)c(C#N)c1. The van der Waals surface area contributed by atoms with Crippen LogP contribution in [0.3, 0.4) is 0 Å². The van der Waals surface area contributed by atoms with Gasteiger partial charge in [0.15, 0.2) is 0 Å². The molecule has 0 bridgehead atoms. The van der Waals surface area contributed by atoms with Gasteiger partial charge in [-0.2, -0.15) is 5.26 Å². The normalized spacial score (nSPS) is 9.85. The maximum Gasteiger partial charge on any atom is 0.228 e. The highest BCUT2D eigenvalue weighted by Gasteiger charge is 2.08. The van der Waals surface area contributed by atoms with Crippen LogP contribution in [-0.2, 0) is 11.2 Å². The van der Waals surface area contributed by atoms with Crippen LogP contribution in [0.25, 0.3) is 0 Å². The van der Waals surface area contributed by atoms with E-state index in [1.807, 2.05) is 31.2 Å². The minimum atomic E-state index is -0.593. The number of nitrogens with one attached hydrogen (secondary N) is 1. The third-order valence-electron chi connectivity index (χ3n) is 2.98. The van der Waals surface area contributed by atoms with Crippen molar-refractivity contribution in [3.63, 3.8) is 0 Å². The molecule has 2 rings (SSSR count). The van der Waals surface area contributed by atoms with Gasteiger partial charge >= 0.3 is 0 Å². The highest BCUT2D eigenvalue weighted by Crippen LogP contribution is 2.15. The zero-order chi connectivity index (χ0) is 14.5. The standard InChI is InChI=1S/C16H13FN2O/c1-11-4-2-3-5-12(11)9-16(20)19-14-6-7-15(17)13(8-14)10-18/h2-8H,9H2,1H3,(H,19,20). The van der Waals surface area contributed by atoms with Gasteiger partial charge in [-0.3, -0.25) is 4.79 Å². The summed E-state index contributed by atoms with van der Waals surface area (Å²) in [5.41, 5.74) is 2.31. The van der Waals surface area contributed by atoms with E-state index in [1.165, 1.54) is 18.2 Å². The summed E-state index contributed by atoms with van der Waals surface area (Å²) in [6.45, 7) is 1.94. The lowest BCUT2D eigenvalue weighted by atomic mass is 10.1. The summed E-state index contributed by atoms with van der Waals surface area (Å²) in [7, 11) is 0. The van der Waals surface area contributed by atoms with Crippen LogP contribution >= 0.6 is 0 Å². The molecular weight excluding hydrogens is 255 g/mol. The summed E-state index contributed by atoms with van der Waals surface area (Å²) in [6.07, 6.45) is 0.242. The number of aryl methyl sites for hydroxylation is 1. The fourth-order valence-corrected chi connectivity index (χ4v) is 1.88. The van der Waals surface area contributed by atoms with E-state index in [2.05, 4.69) is 5.32 Å². The maximum atomic E-state index is 13.2. The number of carbonyl (C=O) groups excluding carboxylic acids is 1. The van der Waals surface area contributed by atoms with Gasteiger partial charge in [-0.1, -0.05) is 24.3 Å². The van der Waals surface area contributed by atoms with Crippen LogP contribution in [0.1, 0.15) is 16.7 Å². The molecule has 1 amide bonds. The van der Waals surface area contributed by atoms with Gasteiger partial charge < -0.3 is 5.32 Å². The number of anilines is 1. The van der Waals surface area contributed by atoms with Crippen molar-refractivity contribution in [3.05, 3.63) is 65.0 Å². The molecule has 1 N–H and O–H groups in total. The van der Waals surface area contributed by atoms with Gasteiger partial charge in [0.25, 0.3) is 0 Å². The smallest absolute Gasteiger partial charge is 0.228 e. The second kappa shape index (κ2) is 5.98. The largest absolute Gasteiger partial charge is 0.326 e. The first-order valence-electron chi connectivity index (χ1n) is 6.14. The van der Waals surface area contributed by atoms with Gasteiger partial charge in [0.2, 0.25) is 5.91 Å². The van der Waals surface area contributed by atoms with Crippen LogP contribution in [-0.4, -0.2) is 5.91 Å². The number of nitrogens with zero attached hydrogens (tertiary/aromatic N) is 1. The van der Waals surface area contributed by atoms with Crippen molar-refractivity contribution in [2.75, 3.05) is 5.32 Å². The zero-order valence-corrected chi connectivity index (χ0v) is 11.0. The first-order chi connectivity index (χ1) is 9.60. The van der Waals surface area contributed by atoms with Crippen LogP contribution in [0.4, 0.5) is 10.1 Å². The number of rotatable bonds is 3. The summed E-state index contributed by atoms with van der Waals surface area (Å²) < 4.78 is 13.2. The zero-order valence-electron chi connectivity index (χ0n) is 11.0. The Kier molecular flexibility index (Phi) is 4.11. The quantitative estimate of drug-likeness (QED) is 0.929. The molecule has 0 aromatic heterocycles. The Labute approximate surface area is 116 Å². The molecular formula is C16H13FN2O. The Balaban J connectivity index is 2.09. The Morgan fingerprint density at radius 2 is 2.05 bits per heavy atom. The van der Waals surface area contributed by atoms with Gasteiger partial charge in [-0.25, -0.2) is 4.39 Å². The molecule has 0 radical (unpaired) electrons. The minimum Gasteiger partial charge on any atom is -0.326 e. The van der Waals surface area contributed by atoms with Crippen molar-refractivity contribution < 1.29 is 9.18 Å². The predicted octanol–water partition coefficient (Wildman–Crippen LogP) is 3.19. The molecule has 0 aliphatic heterocycles. The molecule has 3 nitrogen and oxygen atoms in total. The highest BCUT2D eigenvalue weighted by atomic mass is 19.1. The number of carbonyl (C=O) groups is 1. The Hall–Kier alpha value is -2.67. The lowest BCUT2D eigenvalue weighted by Gasteiger charge is -2.07. The third kappa shape index (κ3) is 3.21. The molecule has 0 aliphatic rings. The van der Waals surface area contributed by atoms with Crippen LogP contribution in [0, 0.1) is 24.1 Å². The minimum absolute atomic E-state index is 0.0845. The van der Waals surface area contributed by atoms with Gasteiger partial charge in [0, 0.05) is 5.69 Å². The average molecular weight is 268 g/mol. The van der Waals surface area contributed by atoms with Crippen molar-refractivity contribution in [3.8, 4) is 6.07 Å². The fraction of sp³-hybridized carbons (Fsp3) is 0.125. The van der Waals surface area contributed by atoms with Gasteiger partial charge in [-0.15, -0.1) is 0 Å². The van der Waals surface area contributed by atoms with E-state index in [0.29, 0.717) is 5.69 Å². The summed E-state index contributed by atoms with van der Waals surface area (Å²) in [5, 5.41) is 11.4. The molecule has 0 aliphatic carbocycles. The van der Waals surface area contributed by atoms with Crippen molar-refractivity contribution in [1.29, 1.82) is 5.26 Å². The Morgan fingerprint density at radius 1 is 1.30 bits per heavy atom. The van der Waals surface area contributed by atoms with Gasteiger partial charge in [-0.05, 0) is 36.2 Å². The lowest BCUT2D eigenvalue weighted by Crippen LogP contribution is -2.15. The molecule has 100 valence electrons. The van der Waals surface area contributed by atoms with E-state index in [-0.39, 0.29) is 17.9 Å². The number of amides is 1. The van der Waals surface area contributed by atoms with Crippen molar-refractivity contribution >= 4 is 11.6 Å². The van der Waals surface area contributed by atoms with E-state index in [4.69, 9.17) is 5.26 Å². The first-order valence-corrected chi connectivity index (χ1v) is 6.14. The van der Waals surface area contributed by atoms with Crippen LogP contribution < -0.4 is 5.32 Å². The van der Waals surface area contributed by atoms with Crippen molar-refractivity contribution in [2.45, 2.75) is 13.3 Å². The van der Waals surface area contributed by atoms with E-state index >= 15 is 0 Å². The molecule has 0 spiro atoms. The van der Waals surface area contributed by atoms with E-state index < -0.39 is 5.82 Å². The van der Waals surface area contributed by atoms with E-state index in [1.54, 1.807) is 6.07 Å². The van der Waals surface area contributed by atoms with E-state index in [9.17, 15) is 9.18 Å². The van der Waals surface area contributed by atoms with Crippen LogP contribution in [0.15, 0.2) is 42.5 Å². The second-order valence-corrected chi connectivity index (χ2v) is 4.46. The molecule has 0 heterocycles. The molecule has 0 fully saturated rings. The number of benzene rings is 2. The van der Waals surface area contributed by atoms with Gasteiger partial charge in [0.05, 0.1) is 12.0 Å². The monoisotopic (exact) mass is 268 g/mol. The second-order valence-electron chi connectivity index (χ2n) is 4.46. The summed E-state index contributed by atoms with van der Waals surface area (Å²) in [5.74, 6) is -0.792. The summed E-state index contributed by atoms with van der Waals surface area (Å²) in [4.78, 5) is 11.9. The number of nitriles is 1. The molecule has 2 aromatic carbocycles. The molecule has 0 saturated carbocycles. The first kappa shape index (κ1) is 13.8. The van der Waals surface area contributed by atoms with Crippen molar-refractivity contribution in [2.24, 2.45) is 0 Å². The molecule has 0 unspecified atom stereocenters. The topological polar surface area (TPSA) is 52.9 Å². The molecule has 2 aromatic rings. The Morgan fingerprint density at radius 3 is 2.75 bits per heavy atom. The van der Waals surface area contributed by atoms with Crippen molar-refractivity contribution in [1.82, 2.24) is 0 Å². The average Bonchev–Trinajstić information content (AvgIpc) is 2.43. The summed E-state index contributed by atoms with van der Waals surface area (Å²) in [6, 6.07) is 13.3. The molecule has 4 heteroatoms. The van der Waals surface area contributed by atoms with Crippen LogP contribution in [0.5, 0.6) is 0 Å². The molecule has 0 saturated heterocycles. The lowest BCUT2D eigenvalue weighted by molar-refractivity contribution is -0.115. The Bertz CT molecular complexity index is 689. The number of hydrogen-bond acceptors (Lipinski definition) is 2. The number of hydrogen-bond donors (Lipinski definition) is 1. The fourth-order valence-electron chi connectivity index (χ4n) is 1.88. The van der Waals surface area contributed by atoms with E-state index in [0.717, 1.165) is 11.1 Å². The summed E-state index contributed by atoms with van der Waals surface area (Å²) >= 11 is 0. The highest BCUT2D eigenvalue weighted by molar-refractivity contribution is 5.92. The maximum absolute atomic E-state index is 13.2. The molecule has 20 heavy (non-hydrogen) atoms. The van der Waals surface area contributed by atoms with Gasteiger partial charge in [0.1, 0.15) is 11.9 Å². The molecule has 0 atom stereocenters. The van der Waals surface area contributed by atoms with Crippen LogP contribution in [0.2, 0.25) is 0 Å². The third-order valence-corrected chi connectivity index (χ3v) is 2.98. The predicted molar refractivity (Wildman–Crippen MR) is 74.6 cm³/mol.